The number of piperidine rings is 1. The van der Waals surface area contributed by atoms with E-state index < -0.39 is 0 Å². The maximum atomic E-state index is 12.2. The Kier molecular flexibility index (Phi) is 4.18. The van der Waals surface area contributed by atoms with Gasteiger partial charge in [0.1, 0.15) is 0 Å². The lowest BCUT2D eigenvalue weighted by Gasteiger charge is -2.22. The van der Waals surface area contributed by atoms with E-state index in [0.717, 1.165) is 30.9 Å². The molecule has 0 saturated carbocycles. The van der Waals surface area contributed by atoms with Crippen LogP contribution in [0.3, 0.4) is 0 Å². The van der Waals surface area contributed by atoms with Gasteiger partial charge in [-0.3, -0.25) is 4.79 Å². The SMILES string of the molecule is O=C(NCC1CCCNC1)c1cc2c(s1)CCCC2. The Hall–Kier alpha value is -0.870. The number of rotatable bonds is 3. The minimum atomic E-state index is 0.130. The summed E-state index contributed by atoms with van der Waals surface area (Å²) in [5.74, 6) is 0.734. The van der Waals surface area contributed by atoms with Crippen molar-refractivity contribution in [2.75, 3.05) is 19.6 Å². The molecule has 3 rings (SSSR count). The molecule has 0 spiro atoms. The van der Waals surface area contributed by atoms with Crippen LogP contribution in [-0.2, 0) is 12.8 Å². The Morgan fingerprint density at radius 2 is 2.26 bits per heavy atom. The fraction of sp³-hybridized carbons (Fsp3) is 0.667. The highest BCUT2D eigenvalue weighted by molar-refractivity contribution is 7.14. The monoisotopic (exact) mass is 278 g/mol. The molecule has 0 bridgehead atoms. The third kappa shape index (κ3) is 3.18. The number of hydrogen-bond acceptors (Lipinski definition) is 3. The van der Waals surface area contributed by atoms with Crippen molar-refractivity contribution in [3.8, 4) is 0 Å². The first-order chi connectivity index (χ1) is 9.33. The second kappa shape index (κ2) is 6.06. The quantitative estimate of drug-likeness (QED) is 0.891. The molecule has 0 radical (unpaired) electrons. The molecule has 1 aliphatic heterocycles. The molecule has 2 heterocycles. The van der Waals surface area contributed by atoms with Crippen molar-refractivity contribution in [1.82, 2.24) is 10.6 Å². The third-order valence-corrected chi connectivity index (χ3v) is 5.41. The average Bonchev–Trinajstić information content (AvgIpc) is 2.90. The molecule has 1 atom stereocenters. The Morgan fingerprint density at radius 3 is 3.05 bits per heavy atom. The predicted molar refractivity (Wildman–Crippen MR) is 78.9 cm³/mol. The van der Waals surface area contributed by atoms with Gasteiger partial charge in [0.25, 0.3) is 5.91 Å². The zero-order chi connectivity index (χ0) is 13.1. The van der Waals surface area contributed by atoms with Crippen LogP contribution < -0.4 is 10.6 Å². The zero-order valence-electron chi connectivity index (χ0n) is 11.3. The van der Waals surface area contributed by atoms with Crippen molar-refractivity contribution < 1.29 is 4.79 Å². The summed E-state index contributed by atoms with van der Waals surface area (Å²) in [4.78, 5) is 14.5. The minimum absolute atomic E-state index is 0.130. The molecule has 1 saturated heterocycles. The van der Waals surface area contributed by atoms with Crippen LogP contribution >= 0.6 is 11.3 Å². The summed E-state index contributed by atoms with van der Waals surface area (Å²) in [5, 5.41) is 6.50. The van der Waals surface area contributed by atoms with Gasteiger partial charge in [-0.2, -0.15) is 0 Å². The molecule has 3 nitrogen and oxygen atoms in total. The lowest BCUT2D eigenvalue weighted by atomic mass is 9.99. The van der Waals surface area contributed by atoms with Crippen LogP contribution in [-0.4, -0.2) is 25.5 Å². The van der Waals surface area contributed by atoms with Crippen molar-refractivity contribution in [1.29, 1.82) is 0 Å². The minimum Gasteiger partial charge on any atom is -0.351 e. The number of fused-ring (bicyclic) bond motifs is 1. The van der Waals surface area contributed by atoms with E-state index in [1.54, 1.807) is 11.3 Å². The highest BCUT2D eigenvalue weighted by Crippen LogP contribution is 2.29. The largest absolute Gasteiger partial charge is 0.351 e. The summed E-state index contributed by atoms with van der Waals surface area (Å²) in [6.45, 7) is 2.98. The van der Waals surface area contributed by atoms with Gasteiger partial charge >= 0.3 is 0 Å². The Morgan fingerprint density at radius 1 is 1.37 bits per heavy atom. The number of aryl methyl sites for hydroxylation is 2. The van der Waals surface area contributed by atoms with E-state index >= 15 is 0 Å². The van der Waals surface area contributed by atoms with Crippen molar-refractivity contribution in [2.45, 2.75) is 38.5 Å². The van der Waals surface area contributed by atoms with E-state index in [1.807, 2.05) is 0 Å². The van der Waals surface area contributed by atoms with Crippen LogP contribution in [0.1, 0.15) is 45.8 Å². The molecule has 1 aliphatic carbocycles. The van der Waals surface area contributed by atoms with Gasteiger partial charge in [-0.15, -0.1) is 11.3 Å². The van der Waals surface area contributed by atoms with E-state index in [9.17, 15) is 4.79 Å². The fourth-order valence-corrected chi connectivity index (χ4v) is 4.19. The van der Waals surface area contributed by atoms with Gasteiger partial charge < -0.3 is 10.6 Å². The smallest absolute Gasteiger partial charge is 0.261 e. The molecule has 19 heavy (non-hydrogen) atoms. The summed E-state index contributed by atoms with van der Waals surface area (Å²) in [7, 11) is 0. The highest BCUT2D eigenvalue weighted by Gasteiger charge is 2.18. The number of hydrogen-bond donors (Lipinski definition) is 2. The van der Waals surface area contributed by atoms with E-state index in [4.69, 9.17) is 0 Å². The highest BCUT2D eigenvalue weighted by atomic mass is 32.1. The lowest BCUT2D eigenvalue weighted by Crippen LogP contribution is -2.37. The first kappa shape index (κ1) is 13.1. The number of thiophene rings is 1. The molecular formula is C15H22N2OS. The number of carbonyl (C=O) groups excluding carboxylic acids is 1. The Labute approximate surface area is 118 Å². The third-order valence-electron chi connectivity index (χ3n) is 4.17. The molecule has 2 aliphatic rings. The maximum Gasteiger partial charge on any atom is 0.261 e. The second-order valence-corrected chi connectivity index (χ2v) is 6.83. The number of carbonyl (C=O) groups is 1. The molecule has 1 aromatic rings. The van der Waals surface area contributed by atoms with Gasteiger partial charge in [0.2, 0.25) is 0 Å². The number of nitrogens with one attached hydrogen (secondary N) is 2. The summed E-state index contributed by atoms with van der Waals surface area (Å²) in [6, 6.07) is 2.12. The molecule has 1 unspecified atom stereocenters. The van der Waals surface area contributed by atoms with Crippen molar-refractivity contribution in [2.24, 2.45) is 5.92 Å². The van der Waals surface area contributed by atoms with Gasteiger partial charge in [-0.1, -0.05) is 0 Å². The van der Waals surface area contributed by atoms with Crippen LogP contribution in [0.4, 0.5) is 0 Å². The second-order valence-electron chi connectivity index (χ2n) is 5.69. The Bertz CT molecular complexity index is 425. The molecule has 1 aromatic heterocycles. The van der Waals surface area contributed by atoms with Crippen LogP contribution in [0, 0.1) is 5.92 Å². The van der Waals surface area contributed by atoms with Crippen LogP contribution in [0.15, 0.2) is 6.07 Å². The topological polar surface area (TPSA) is 41.1 Å². The first-order valence-electron chi connectivity index (χ1n) is 7.43. The zero-order valence-corrected chi connectivity index (χ0v) is 12.2. The summed E-state index contributed by atoms with van der Waals surface area (Å²) in [6.07, 6.45) is 7.34. The molecule has 1 amide bonds. The normalized spacial score (nSPS) is 22.8. The maximum absolute atomic E-state index is 12.2. The summed E-state index contributed by atoms with van der Waals surface area (Å²) >= 11 is 1.70. The van der Waals surface area contributed by atoms with Gasteiger partial charge in [-0.05, 0) is 69.2 Å². The molecule has 4 heteroatoms. The molecule has 104 valence electrons. The van der Waals surface area contributed by atoms with Crippen molar-refractivity contribution in [3.63, 3.8) is 0 Å². The molecule has 1 fully saturated rings. The Balaban J connectivity index is 1.56. The van der Waals surface area contributed by atoms with Gasteiger partial charge in [-0.25, -0.2) is 0 Å². The molecular weight excluding hydrogens is 256 g/mol. The van der Waals surface area contributed by atoms with Gasteiger partial charge in [0, 0.05) is 11.4 Å². The lowest BCUT2D eigenvalue weighted by molar-refractivity contribution is 0.0949. The van der Waals surface area contributed by atoms with Crippen LogP contribution in [0.2, 0.25) is 0 Å². The van der Waals surface area contributed by atoms with Gasteiger partial charge in [0.05, 0.1) is 4.88 Å². The van der Waals surface area contributed by atoms with E-state index in [2.05, 4.69) is 16.7 Å². The van der Waals surface area contributed by atoms with Crippen LogP contribution in [0.25, 0.3) is 0 Å². The molecule has 2 N–H and O–H groups in total. The predicted octanol–water partition coefficient (Wildman–Crippen LogP) is 2.36. The first-order valence-corrected chi connectivity index (χ1v) is 8.25. The van der Waals surface area contributed by atoms with Gasteiger partial charge in [0.15, 0.2) is 0 Å². The standard InChI is InChI=1S/C15H22N2OS/c18-15(17-10-11-4-3-7-16-9-11)14-8-12-5-1-2-6-13(12)19-14/h8,11,16H,1-7,9-10H2,(H,17,18). The summed E-state index contributed by atoms with van der Waals surface area (Å²) < 4.78 is 0. The van der Waals surface area contributed by atoms with E-state index in [1.165, 1.54) is 42.5 Å². The molecule has 0 aromatic carbocycles. The average molecular weight is 278 g/mol. The number of amides is 1. The van der Waals surface area contributed by atoms with Crippen molar-refractivity contribution >= 4 is 17.2 Å². The fourth-order valence-electron chi connectivity index (χ4n) is 3.02. The van der Waals surface area contributed by atoms with Crippen LogP contribution in [0.5, 0.6) is 0 Å². The van der Waals surface area contributed by atoms with E-state index in [0.29, 0.717) is 5.92 Å². The summed E-state index contributed by atoms with van der Waals surface area (Å²) in [5.41, 5.74) is 1.42. The van der Waals surface area contributed by atoms with Crippen molar-refractivity contribution in [3.05, 3.63) is 21.4 Å². The van der Waals surface area contributed by atoms with E-state index in [-0.39, 0.29) is 5.91 Å².